The van der Waals surface area contributed by atoms with E-state index in [4.69, 9.17) is 11.6 Å². The fourth-order valence-electron chi connectivity index (χ4n) is 1.68. The van der Waals surface area contributed by atoms with E-state index in [0.717, 1.165) is 25.7 Å². The Hall–Kier alpha value is -0.240. The smallest absolute Gasteiger partial charge is 0.223 e. The van der Waals surface area contributed by atoms with Gasteiger partial charge in [-0.3, -0.25) is 4.79 Å². The van der Waals surface area contributed by atoms with Gasteiger partial charge in [0, 0.05) is 11.8 Å². The Balaban J connectivity index is 2.49. The van der Waals surface area contributed by atoms with Crippen LogP contribution in [0.3, 0.4) is 0 Å². The molecule has 1 saturated carbocycles. The van der Waals surface area contributed by atoms with Crippen molar-refractivity contribution >= 4 is 17.5 Å². The van der Waals surface area contributed by atoms with Crippen LogP contribution in [-0.4, -0.2) is 17.3 Å². The number of carbonyl (C=O) groups is 1. The van der Waals surface area contributed by atoms with E-state index in [2.05, 4.69) is 19.2 Å². The lowest BCUT2D eigenvalue weighted by atomic mass is 9.83. The molecule has 0 saturated heterocycles. The average molecular weight is 218 g/mol. The maximum Gasteiger partial charge on any atom is 0.223 e. The second kappa shape index (κ2) is 5.01. The van der Waals surface area contributed by atoms with Gasteiger partial charge in [0.1, 0.15) is 0 Å². The summed E-state index contributed by atoms with van der Waals surface area (Å²) in [4.78, 5) is 11.7. The Morgan fingerprint density at radius 2 is 2.00 bits per heavy atom. The maximum absolute atomic E-state index is 11.7. The fraction of sp³-hybridized carbons (Fsp3) is 0.909. The lowest BCUT2D eigenvalue weighted by molar-refractivity contribution is -0.129. The van der Waals surface area contributed by atoms with Crippen LogP contribution in [0.5, 0.6) is 0 Å². The van der Waals surface area contributed by atoms with Gasteiger partial charge in [-0.1, -0.05) is 20.3 Å². The highest BCUT2D eigenvalue weighted by Crippen LogP contribution is 2.28. The van der Waals surface area contributed by atoms with Crippen molar-refractivity contribution in [2.24, 2.45) is 5.92 Å². The maximum atomic E-state index is 11.7. The molecule has 1 fully saturated rings. The summed E-state index contributed by atoms with van der Waals surface area (Å²) in [5.41, 5.74) is -0.172. The van der Waals surface area contributed by atoms with E-state index < -0.39 is 0 Å². The quantitative estimate of drug-likeness (QED) is 0.705. The van der Waals surface area contributed by atoms with Crippen LogP contribution in [0, 0.1) is 5.92 Å². The molecule has 1 rings (SSSR count). The van der Waals surface area contributed by atoms with E-state index in [1.165, 1.54) is 6.42 Å². The number of amides is 1. The molecular weight excluding hydrogens is 198 g/mol. The van der Waals surface area contributed by atoms with Crippen LogP contribution in [0.2, 0.25) is 0 Å². The first-order chi connectivity index (χ1) is 6.67. The third-order valence-corrected chi connectivity index (χ3v) is 3.99. The van der Waals surface area contributed by atoms with Crippen molar-refractivity contribution in [3.05, 3.63) is 0 Å². The molecule has 82 valence electrons. The molecular formula is C11H20ClNO. The molecule has 2 nitrogen and oxygen atoms in total. The summed E-state index contributed by atoms with van der Waals surface area (Å²) in [6.07, 6.45) is 5.12. The van der Waals surface area contributed by atoms with Gasteiger partial charge in [0.2, 0.25) is 5.91 Å². The van der Waals surface area contributed by atoms with Crippen LogP contribution >= 0.6 is 11.6 Å². The van der Waals surface area contributed by atoms with Gasteiger partial charge in [0.05, 0.1) is 5.54 Å². The molecule has 3 heteroatoms. The molecule has 0 spiro atoms. The summed E-state index contributed by atoms with van der Waals surface area (Å²) in [6, 6.07) is 0. The van der Waals surface area contributed by atoms with Crippen LogP contribution < -0.4 is 5.32 Å². The van der Waals surface area contributed by atoms with Gasteiger partial charge >= 0.3 is 0 Å². The minimum absolute atomic E-state index is 0.172. The second-order valence-corrected chi connectivity index (χ2v) is 4.51. The van der Waals surface area contributed by atoms with Gasteiger partial charge in [0.25, 0.3) is 0 Å². The Morgan fingerprint density at radius 1 is 1.43 bits per heavy atom. The predicted octanol–water partition coefficient (Wildman–Crippen LogP) is 2.70. The molecule has 0 bridgehead atoms. The Morgan fingerprint density at radius 3 is 2.29 bits per heavy atom. The number of hydrogen-bond acceptors (Lipinski definition) is 1. The van der Waals surface area contributed by atoms with Gasteiger partial charge in [-0.25, -0.2) is 0 Å². The summed E-state index contributed by atoms with van der Waals surface area (Å²) in [5.74, 6) is 0.981. The second-order valence-electron chi connectivity index (χ2n) is 4.24. The first-order valence-electron chi connectivity index (χ1n) is 5.55. The number of alkyl halides is 1. The standard InChI is InChI=1S/C11H20ClNO/c1-3-11(4-2,8-12)13-10(14)9-6-5-7-9/h9H,3-8H2,1-2H3,(H,13,14). The van der Waals surface area contributed by atoms with Crippen molar-refractivity contribution < 1.29 is 4.79 Å². The topological polar surface area (TPSA) is 29.1 Å². The van der Waals surface area contributed by atoms with E-state index >= 15 is 0 Å². The number of rotatable bonds is 5. The van der Waals surface area contributed by atoms with Gasteiger partial charge in [0.15, 0.2) is 0 Å². The first kappa shape index (κ1) is 11.8. The minimum atomic E-state index is -0.172. The molecule has 1 aliphatic carbocycles. The Labute approximate surface area is 91.4 Å². The molecule has 0 aliphatic heterocycles. The fourth-order valence-corrected chi connectivity index (χ4v) is 2.13. The molecule has 0 unspecified atom stereocenters. The van der Waals surface area contributed by atoms with Crippen molar-refractivity contribution in [2.75, 3.05) is 5.88 Å². The molecule has 1 N–H and O–H groups in total. The zero-order valence-corrected chi connectivity index (χ0v) is 9.86. The van der Waals surface area contributed by atoms with E-state index in [9.17, 15) is 4.79 Å². The predicted molar refractivity (Wildman–Crippen MR) is 59.5 cm³/mol. The number of nitrogens with one attached hydrogen (secondary N) is 1. The molecule has 0 atom stereocenters. The molecule has 0 aromatic heterocycles. The average Bonchev–Trinajstić information content (AvgIpc) is 2.11. The molecule has 0 heterocycles. The zero-order valence-electron chi connectivity index (χ0n) is 9.11. The monoisotopic (exact) mass is 217 g/mol. The lowest BCUT2D eigenvalue weighted by Gasteiger charge is -2.34. The van der Waals surface area contributed by atoms with Gasteiger partial charge in [-0.2, -0.15) is 0 Å². The van der Waals surface area contributed by atoms with Gasteiger partial charge in [-0.15, -0.1) is 11.6 Å². The highest BCUT2D eigenvalue weighted by molar-refractivity contribution is 6.18. The highest BCUT2D eigenvalue weighted by atomic mass is 35.5. The summed E-state index contributed by atoms with van der Waals surface area (Å²) >= 11 is 5.92. The normalized spacial score (nSPS) is 17.6. The van der Waals surface area contributed by atoms with Crippen molar-refractivity contribution in [1.82, 2.24) is 5.32 Å². The molecule has 0 aromatic rings. The third-order valence-electron chi connectivity index (χ3n) is 3.47. The highest BCUT2D eigenvalue weighted by Gasteiger charge is 2.32. The van der Waals surface area contributed by atoms with Crippen molar-refractivity contribution in [1.29, 1.82) is 0 Å². The minimum Gasteiger partial charge on any atom is -0.349 e. The zero-order chi connectivity index (χ0) is 10.6. The number of hydrogen-bond donors (Lipinski definition) is 1. The molecule has 0 radical (unpaired) electrons. The van der Waals surface area contributed by atoms with Crippen molar-refractivity contribution in [2.45, 2.75) is 51.5 Å². The summed E-state index contributed by atoms with van der Waals surface area (Å²) in [6.45, 7) is 4.15. The largest absolute Gasteiger partial charge is 0.349 e. The number of carbonyl (C=O) groups excluding carboxylic acids is 1. The van der Waals surface area contributed by atoms with Gasteiger partial charge < -0.3 is 5.32 Å². The van der Waals surface area contributed by atoms with E-state index in [-0.39, 0.29) is 17.4 Å². The lowest BCUT2D eigenvalue weighted by Crippen LogP contribution is -2.52. The Bertz CT molecular complexity index is 189. The summed E-state index contributed by atoms with van der Waals surface area (Å²) in [7, 11) is 0. The summed E-state index contributed by atoms with van der Waals surface area (Å²) < 4.78 is 0. The molecule has 0 aromatic carbocycles. The molecule has 1 amide bonds. The van der Waals surface area contributed by atoms with E-state index in [0.29, 0.717) is 5.88 Å². The summed E-state index contributed by atoms with van der Waals surface area (Å²) in [5, 5.41) is 3.11. The molecule has 1 aliphatic rings. The molecule has 14 heavy (non-hydrogen) atoms. The Kier molecular flexibility index (Phi) is 4.24. The van der Waals surface area contributed by atoms with Crippen molar-refractivity contribution in [3.63, 3.8) is 0 Å². The van der Waals surface area contributed by atoms with Crippen molar-refractivity contribution in [3.8, 4) is 0 Å². The van der Waals surface area contributed by atoms with E-state index in [1.54, 1.807) is 0 Å². The van der Waals surface area contributed by atoms with Crippen LogP contribution in [0.25, 0.3) is 0 Å². The SMILES string of the molecule is CCC(CC)(CCl)NC(=O)C1CCC1. The number of halogens is 1. The first-order valence-corrected chi connectivity index (χ1v) is 6.09. The van der Waals surface area contributed by atoms with Gasteiger partial charge in [-0.05, 0) is 25.7 Å². The third kappa shape index (κ3) is 2.41. The van der Waals surface area contributed by atoms with Crippen LogP contribution in [-0.2, 0) is 4.79 Å². The van der Waals surface area contributed by atoms with Crippen LogP contribution in [0.4, 0.5) is 0 Å². The van der Waals surface area contributed by atoms with Crippen LogP contribution in [0.1, 0.15) is 46.0 Å². The van der Waals surface area contributed by atoms with E-state index in [1.807, 2.05) is 0 Å². The van der Waals surface area contributed by atoms with Crippen LogP contribution in [0.15, 0.2) is 0 Å².